The van der Waals surface area contributed by atoms with E-state index in [0.29, 0.717) is 0 Å². The van der Waals surface area contributed by atoms with Gasteiger partial charge in [0.25, 0.3) is 0 Å². The van der Waals surface area contributed by atoms with Crippen LogP contribution in [-0.4, -0.2) is 0 Å². The monoisotopic (exact) mass is 140 g/mol. The standard InChI is InChI=1S/2ClH.Cr.O/h2*1H;;. The van der Waals surface area contributed by atoms with Crippen LogP contribution < -0.4 is 0 Å². The van der Waals surface area contributed by atoms with Crippen molar-refractivity contribution in [3.8, 4) is 0 Å². The van der Waals surface area contributed by atoms with Crippen LogP contribution in [0.25, 0.3) is 0 Å². The number of halogens is 2. The molecule has 0 aliphatic rings. The molecule has 0 heterocycles. The van der Waals surface area contributed by atoms with Crippen LogP contribution in [0.3, 0.4) is 0 Å². The van der Waals surface area contributed by atoms with E-state index in [-0.39, 0.29) is 24.8 Å². The topological polar surface area (TPSA) is 17.1 Å². The molecule has 4 heavy (non-hydrogen) atoms. The predicted molar refractivity (Wildman–Crippen MR) is 15.2 cm³/mol. The van der Waals surface area contributed by atoms with Gasteiger partial charge in [0.05, 0.1) is 0 Å². The molecule has 0 aromatic heterocycles. The molecule has 4 heteroatoms. The molecule has 0 bridgehead atoms. The fourth-order valence-electron chi connectivity index (χ4n) is 0. The Hall–Kier alpha value is 0.912. The summed E-state index contributed by atoms with van der Waals surface area (Å²) in [5.74, 6) is 0. The summed E-state index contributed by atoms with van der Waals surface area (Å²) >= 11 is 1.38. The van der Waals surface area contributed by atoms with Crippen molar-refractivity contribution >= 4 is 24.8 Å². The molecular formula is H2Cl2CrO. The van der Waals surface area contributed by atoms with E-state index in [1.54, 1.807) is 0 Å². The van der Waals surface area contributed by atoms with E-state index in [1.807, 2.05) is 0 Å². The third-order valence-electron chi connectivity index (χ3n) is 0. The van der Waals surface area contributed by atoms with Gasteiger partial charge in [0, 0.05) is 0 Å². The quantitative estimate of drug-likeness (QED) is 0.485. The van der Waals surface area contributed by atoms with E-state index in [9.17, 15) is 0 Å². The van der Waals surface area contributed by atoms with Gasteiger partial charge in [-0.3, -0.25) is 0 Å². The van der Waals surface area contributed by atoms with E-state index in [4.69, 9.17) is 3.80 Å². The minimum atomic E-state index is 0. The van der Waals surface area contributed by atoms with Gasteiger partial charge in [0.2, 0.25) is 0 Å². The molecule has 0 aromatic rings. The van der Waals surface area contributed by atoms with Crippen molar-refractivity contribution in [3.63, 3.8) is 0 Å². The van der Waals surface area contributed by atoms with Crippen LogP contribution in [0, 0.1) is 0 Å². The SMILES string of the molecule is Cl.Cl.[O]=[Cr]. The van der Waals surface area contributed by atoms with Gasteiger partial charge < -0.3 is 0 Å². The van der Waals surface area contributed by atoms with Crippen LogP contribution in [0.1, 0.15) is 0 Å². The second kappa shape index (κ2) is 39.9. The average molecular weight is 141 g/mol. The van der Waals surface area contributed by atoms with Gasteiger partial charge in [0.15, 0.2) is 0 Å². The molecule has 0 atom stereocenters. The van der Waals surface area contributed by atoms with E-state index in [1.165, 1.54) is 16.2 Å². The van der Waals surface area contributed by atoms with Crippen molar-refractivity contribution in [2.75, 3.05) is 0 Å². The summed E-state index contributed by atoms with van der Waals surface area (Å²) in [7, 11) is 0. The summed E-state index contributed by atoms with van der Waals surface area (Å²) in [6.07, 6.45) is 0. The molecular weight excluding hydrogens is 139 g/mol. The first kappa shape index (κ1) is 20.6. The van der Waals surface area contributed by atoms with Gasteiger partial charge in [-0.1, -0.05) is 0 Å². The Bertz CT molecular complexity index is 6.00. The molecule has 0 spiro atoms. The number of hydrogen-bond acceptors (Lipinski definition) is 1. The Balaban J connectivity index is -0.00000000500. The Kier molecular flexibility index (Phi) is 205. The first-order valence-corrected chi connectivity index (χ1v) is 0.687. The van der Waals surface area contributed by atoms with Gasteiger partial charge in [-0.15, -0.1) is 24.8 Å². The van der Waals surface area contributed by atoms with Crippen molar-refractivity contribution in [1.29, 1.82) is 0 Å². The molecule has 0 aromatic carbocycles. The molecule has 0 amide bonds. The van der Waals surface area contributed by atoms with Crippen molar-refractivity contribution in [2.24, 2.45) is 0 Å². The second-order valence-corrected chi connectivity index (χ2v) is 0. The molecule has 0 aliphatic heterocycles. The van der Waals surface area contributed by atoms with Crippen LogP contribution >= 0.6 is 24.8 Å². The predicted octanol–water partition coefficient (Wildman–Crippen LogP) is 0.722. The first-order chi connectivity index (χ1) is 1.00. The van der Waals surface area contributed by atoms with Crippen molar-refractivity contribution in [3.05, 3.63) is 0 Å². The summed E-state index contributed by atoms with van der Waals surface area (Å²) in [6.45, 7) is 0. The maximum absolute atomic E-state index is 8.12. The summed E-state index contributed by atoms with van der Waals surface area (Å²) in [6, 6.07) is 0. The van der Waals surface area contributed by atoms with E-state index < -0.39 is 0 Å². The summed E-state index contributed by atoms with van der Waals surface area (Å²) in [5, 5.41) is 0. The van der Waals surface area contributed by atoms with Crippen molar-refractivity contribution in [2.45, 2.75) is 0 Å². The average Bonchev–Trinajstić information content (AvgIpc) is 1.00. The zero-order valence-corrected chi connectivity index (χ0v) is 4.54. The number of hydrogen-bond donors (Lipinski definition) is 0. The third-order valence-corrected chi connectivity index (χ3v) is 0. The molecule has 0 rings (SSSR count). The van der Waals surface area contributed by atoms with Crippen LogP contribution in [0.4, 0.5) is 0 Å². The molecule has 1 nitrogen and oxygen atoms in total. The Morgan fingerprint density at radius 3 is 1.00 bits per heavy atom. The van der Waals surface area contributed by atoms with Gasteiger partial charge >= 0.3 is 20.0 Å². The molecule has 0 saturated carbocycles. The van der Waals surface area contributed by atoms with Gasteiger partial charge in [-0.25, -0.2) is 0 Å². The van der Waals surface area contributed by atoms with E-state index >= 15 is 0 Å². The van der Waals surface area contributed by atoms with Crippen molar-refractivity contribution in [1.82, 2.24) is 0 Å². The first-order valence-electron chi connectivity index (χ1n) is 0.167. The fourth-order valence-corrected chi connectivity index (χ4v) is 0. The van der Waals surface area contributed by atoms with Gasteiger partial charge in [0.1, 0.15) is 0 Å². The molecule has 0 radical (unpaired) electrons. The second-order valence-electron chi connectivity index (χ2n) is 0. The van der Waals surface area contributed by atoms with Gasteiger partial charge in [-0.2, -0.15) is 0 Å². The zero-order chi connectivity index (χ0) is 2.00. The van der Waals surface area contributed by atoms with E-state index in [0.717, 1.165) is 0 Å². The Morgan fingerprint density at radius 2 is 1.00 bits per heavy atom. The maximum atomic E-state index is 8.12. The number of rotatable bonds is 0. The zero-order valence-electron chi connectivity index (χ0n) is 1.63. The molecule has 28 valence electrons. The van der Waals surface area contributed by atoms with Crippen LogP contribution in [0.15, 0.2) is 0 Å². The minimum absolute atomic E-state index is 0. The van der Waals surface area contributed by atoms with Gasteiger partial charge in [-0.05, 0) is 0 Å². The molecule has 0 fully saturated rings. The Morgan fingerprint density at radius 1 is 1.00 bits per heavy atom. The van der Waals surface area contributed by atoms with Crippen molar-refractivity contribution < 1.29 is 20.0 Å². The van der Waals surface area contributed by atoms with Crippen LogP contribution in [0.5, 0.6) is 0 Å². The summed E-state index contributed by atoms with van der Waals surface area (Å²) in [5.41, 5.74) is 0. The fraction of sp³-hybridized carbons (Fsp3) is 0. The Labute approximate surface area is 45.2 Å². The van der Waals surface area contributed by atoms with Crippen LogP contribution in [0.2, 0.25) is 0 Å². The molecule has 0 unspecified atom stereocenters. The normalized spacial score (nSPS) is 1.00. The molecule has 0 saturated heterocycles. The summed E-state index contributed by atoms with van der Waals surface area (Å²) < 4.78 is 8.12. The van der Waals surface area contributed by atoms with Crippen LogP contribution in [-0.2, 0) is 20.0 Å². The molecule has 0 N–H and O–H groups in total. The summed E-state index contributed by atoms with van der Waals surface area (Å²) in [4.78, 5) is 0. The molecule has 0 aliphatic carbocycles. The van der Waals surface area contributed by atoms with E-state index in [2.05, 4.69) is 0 Å². The third kappa shape index (κ3) is 12.8.